The average Bonchev–Trinajstić information content (AvgIpc) is 2.57. The van der Waals surface area contributed by atoms with Crippen LogP contribution in [0.5, 0.6) is 5.75 Å². The van der Waals surface area contributed by atoms with E-state index in [0.29, 0.717) is 18.0 Å². The van der Waals surface area contributed by atoms with Crippen LogP contribution in [0.2, 0.25) is 0 Å². The zero-order valence-electron chi connectivity index (χ0n) is 13.0. The van der Waals surface area contributed by atoms with Crippen molar-refractivity contribution in [2.45, 2.75) is 12.5 Å². The first-order chi connectivity index (χ1) is 11.5. The van der Waals surface area contributed by atoms with Gasteiger partial charge < -0.3 is 19.5 Å². The van der Waals surface area contributed by atoms with Crippen molar-refractivity contribution in [1.29, 1.82) is 0 Å². The molecule has 1 fully saturated rings. The van der Waals surface area contributed by atoms with E-state index in [-0.39, 0.29) is 44.5 Å². The second-order valence-electron chi connectivity index (χ2n) is 5.67. The number of aliphatic carboxylic acids is 1. The highest BCUT2D eigenvalue weighted by molar-refractivity contribution is 6.02. The Balaban J connectivity index is 1.68. The van der Waals surface area contributed by atoms with Gasteiger partial charge in [-0.3, -0.25) is 19.3 Å². The Morgan fingerprint density at radius 3 is 2.88 bits per heavy atom. The maximum Gasteiger partial charge on any atom is 0.306 e. The normalized spacial score (nSPS) is 20.3. The average molecular weight is 334 g/mol. The number of nitrogens with zero attached hydrogens (tertiary/aromatic N) is 2. The third-order valence-corrected chi connectivity index (χ3v) is 4.00. The first kappa shape index (κ1) is 16.3. The first-order valence-corrected chi connectivity index (χ1v) is 7.68. The van der Waals surface area contributed by atoms with E-state index < -0.39 is 12.1 Å². The van der Waals surface area contributed by atoms with Gasteiger partial charge in [0.15, 0.2) is 6.61 Å². The molecule has 0 aromatic heterocycles. The predicted octanol–water partition coefficient (Wildman–Crippen LogP) is 0.114. The van der Waals surface area contributed by atoms with Gasteiger partial charge in [0.2, 0.25) is 5.91 Å². The molecule has 2 heterocycles. The Bertz CT molecular complexity index is 662. The third kappa shape index (κ3) is 3.48. The fourth-order valence-electron chi connectivity index (χ4n) is 2.83. The van der Waals surface area contributed by atoms with Gasteiger partial charge in [0, 0.05) is 13.1 Å². The summed E-state index contributed by atoms with van der Waals surface area (Å²) < 4.78 is 10.7. The Hall–Kier alpha value is -2.61. The lowest BCUT2D eigenvalue weighted by Gasteiger charge is -2.35. The van der Waals surface area contributed by atoms with Gasteiger partial charge in [-0.05, 0) is 12.1 Å². The van der Waals surface area contributed by atoms with Crippen LogP contribution in [0.1, 0.15) is 6.42 Å². The number of fused-ring (bicyclic) bond motifs is 1. The van der Waals surface area contributed by atoms with Gasteiger partial charge in [0.1, 0.15) is 12.3 Å². The minimum atomic E-state index is -0.966. The molecule has 1 saturated heterocycles. The molecule has 0 radical (unpaired) electrons. The number of rotatable bonds is 4. The van der Waals surface area contributed by atoms with Crippen molar-refractivity contribution in [3.05, 3.63) is 24.3 Å². The molecule has 24 heavy (non-hydrogen) atoms. The van der Waals surface area contributed by atoms with Crippen LogP contribution in [0.25, 0.3) is 0 Å². The van der Waals surface area contributed by atoms with E-state index >= 15 is 0 Å². The minimum absolute atomic E-state index is 0.0982. The number of para-hydroxylation sites is 2. The van der Waals surface area contributed by atoms with Crippen LogP contribution in [0.15, 0.2) is 24.3 Å². The lowest BCUT2D eigenvalue weighted by Crippen LogP contribution is -2.51. The standard InChI is InChI=1S/C16H18N2O6/c19-14(17-5-6-23-11(8-17)7-16(21)22)9-18-12-3-1-2-4-13(12)24-10-15(18)20/h1-4,11H,5-10H2,(H,21,22). The van der Waals surface area contributed by atoms with E-state index in [9.17, 15) is 14.4 Å². The van der Waals surface area contributed by atoms with Crippen LogP contribution < -0.4 is 9.64 Å². The van der Waals surface area contributed by atoms with Crippen molar-refractivity contribution in [1.82, 2.24) is 4.90 Å². The summed E-state index contributed by atoms with van der Waals surface area (Å²) in [6.45, 7) is 0.686. The summed E-state index contributed by atoms with van der Waals surface area (Å²) in [7, 11) is 0. The van der Waals surface area contributed by atoms with Crippen molar-refractivity contribution in [2.75, 3.05) is 37.7 Å². The number of carbonyl (C=O) groups excluding carboxylic acids is 2. The summed E-state index contributed by atoms with van der Waals surface area (Å²) >= 11 is 0. The van der Waals surface area contributed by atoms with Crippen LogP contribution in [-0.2, 0) is 19.1 Å². The number of morpholine rings is 1. The second-order valence-corrected chi connectivity index (χ2v) is 5.67. The van der Waals surface area contributed by atoms with Crippen molar-refractivity contribution >= 4 is 23.5 Å². The Kier molecular flexibility index (Phi) is 4.66. The fraction of sp³-hybridized carbons (Fsp3) is 0.438. The molecule has 1 aromatic rings. The Morgan fingerprint density at radius 2 is 2.08 bits per heavy atom. The van der Waals surface area contributed by atoms with Crippen molar-refractivity contribution in [3.63, 3.8) is 0 Å². The molecule has 8 heteroatoms. The van der Waals surface area contributed by atoms with Crippen molar-refractivity contribution < 1.29 is 29.0 Å². The molecule has 1 N–H and O–H groups in total. The van der Waals surface area contributed by atoms with Crippen LogP contribution in [0.4, 0.5) is 5.69 Å². The molecule has 0 aliphatic carbocycles. The number of ether oxygens (including phenoxy) is 2. The van der Waals surface area contributed by atoms with Gasteiger partial charge in [-0.15, -0.1) is 0 Å². The van der Waals surface area contributed by atoms with Gasteiger partial charge in [-0.2, -0.15) is 0 Å². The molecule has 0 bridgehead atoms. The van der Waals surface area contributed by atoms with E-state index in [2.05, 4.69) is 0 Å². The largest absolute Gasteiger partial charge is 0.482 e. The van der Waals surface area contributed by atoms with Crippen LogP contribution in [0.3, 0.4) is 0 Å². The van der Waals surface area contributed by atoms with E-state index in [4.69, 9.17) is 14.6 Å². The van der Waals surface area contributed by atoms with E-state index in [1.165, 1.54) is 4.90 Å². The number of carboxylic acids is 1. The fourth-order valence-corrected chi connectivity index (χ4v) is 2.83. The Morgan fingerprint density at radius 1 is 1.29 bits per heavy atom. The molecular formula is C16H18N2O6. The van der Waals surface area contributed by atoms with Gasteiger partial charge in [0.05, 0.1) is 24.8 Å². The maximum absolute atomic E-state index is 12.5. The molecule has 2 aliphatic heterocycles. The molecule has 128 valence electrons. The van der Waals surface area contributed by atoms with E-state index in [1.807, 2.05) is 0 Å². The monoisotopic (exact) mass is 334 g/mol. The molecule has 0 spiro atoms. The van der Waals surface area contributed by atoms with Crippen LogP contribution in [0, 0.1) is 0 Å². The highest BCUT2D eigenvalue weighted by Gasteiger charge is 2.31. The van der Waals surface area contributed by atoms with Crippen molar-refractivity contribution in [2.24, 2.45) is 0 Å². The molecule has 1 unspecified atom stereocenters. The first-order valence-electron chi connectivity index (χ1n) is 7.68. The zero-order valence-corrected chi connectivity index (χ0v) is 13.0. The van der Waals surface area contributed by atoms with E-state index in [1.54, 1.807) is 29.2 Å². The molecule has 3 rings (SSSR count). The van der Waals surface area contributed by atoms with E-state index in [0.717, 1.165) is 0 Å². The number of anilines is 1. The van der Waals surface area contributed by atoms with Gasteiger partial charge in [0.25, 0.3) is 5.91 Å². The summed E-state index contributed by atoms with van der Waals surface area (Å²) in [5.41, 5.74) is 0.567. The predicted molar refractivity (Wildman–Crippen MR) is 82.9 cm³/mol. The third-order valence-electron chi connectivity index (χ3n) is 4.00. The summed E-state index contributed by atoms with van der Waals surface area (Å²) in [5.74, 6) is -0.918. The molecule has 2 aliphatic rings. The lowest BCUT2D eigenvalue weighted by atomic mass is 10.2. The van der Waals surface area contributed by atoms with Crippen LogP contribution in [-0.4, -0.2) is 66.7 Å². The number of carbonyl (C=O) groups is 3. The number of hydrogen-bond acceptors (Lipinski definition) is 5. The molecule has 8 nitrogen and oxygen atoms in total. The topological polar surface area (TPSA) is 96.4 Å². The summed E-state index contributed by atoms with van der Waals surface area (Å²) in [4.78, 5) is 38.4. The van der Waals surface area contributed by atoms with Gasteiger partial charge in [-0.1, -0.05) is 12.1 Å². The number of benzene rings is 1. The summed E-state index contributed by atoms with van der Waals surface area (Å²) in [6.07, 6.45) is -0.670. The smallest absolute Gasteiger partial charge is 0.306 e. The molecular weight excluding hydrogens is 316 g/mol. The molecule has 1 atom stereocenters. The highest BCUT2D eigenvalue weighted by Crippen LogP contribution is 2.31. The number of amides is 2. The zero-order chi connectivity index (χ0) is 17.1. The number of carboxylic acid groups (broad SMARTS) is 1. The highest BCUT2D eigenvalue weighted by atomic mass is 16.5. The summed E-state index contributed by atoms with van der Waals surface area (Å²) in [6, 6.07) is 7.05. The molecule has 1 aromatic carbocycles. The second kappa shape index (κ2) is 6.88. The SMILES string of the molecule is O=C(O)CC1CN(C(=O)CN2C(=O)COc3ccccc32)CCO1. The Labute approximate surface area is 138 Å². The number of hydrogen-bond donors (Lipinski definition) is 1. The molecule has 2 amide bonds. The van der Waals surface area contributed by atoms with Crippen molar-refractivity contribution in [3.8, 4) is 5.75 Å². The minimum Gasteiger partial charge on any atom is -0.482 e. The quantitative estimate of drug-likeness (QED) is 0.840. The summed E-state index contributed by atoms with van der Waals surface area (Å²) in [5, 5.41) is 8.85. The van der Waals surface area contributed by atoms with Gasteiger partial charge in [-0.25, -0.2) is 0 Å². The lowest BCUT2D eigenvalue weighted by molar-refractivity contribution is -0.147. The maximum atomic E-state index is 12.5. The van der Waals surface area contributed by atoms with Gasteiger partial charge >= 0.3 is 5.97 Å². The molecule has 0 saturated carbocycles. The van der Waals surface area contributed by atoms with Crippen LogP contribution >= 0.6 is 0 Å².